The molecule has 0 spiro atoms. The fourth-order valence-electron chi connectivity index (χ4n) is 4.55. The first-order valence-electron chi connectivity index (χ1n) is 12.2. The third-order valence-corrected chi connectivity index (χ3v) is 8.83. The number of ether oxygens (including phenoxy) is 1. The smallest absolute Gasteiger partial charge is 0.327 e. The van der Waals surface area contributed by atoms with Gasteiger partial charge < -0.3 is 25.5 Å². The largest absolute Gasteiger partial charge is 0.451 e. The number of aromatic nitrogens is 1. The van der Waals surface area contributed by atoms with Crippen LogP contribution in [0.5, 0.6) is 0 Å². The number of fused-ring (bicyclic) bond motifs is 1. The van der Waals surface area contributed by atoms with Crippen molar-refractivity contribution >= 4 is 51.7 Å². The summed E-state index contributed by atoms with van der Waals surface area (Å²) in [7, 11) is 1.30. The average molecular weight is 576 g/mol. The zero-order valence-electron chi connectivity index (χ0n) is 21.4. The number of nitrogens with zero attached hydrogens (tertiary/aromatic N) is 3. The number of thiazole rings is 1. The van der Waals surface area contributed by atoms with E-state index < -0.39 is 34.8 Å². The maximum absolute atomic E-state index is 13.6. The van der Waals surface area contributed by atoms with E-state index in [9.17, 15) is 14.4 Å². The number of hydrogen-bond acceptors (Lipinski definition) is 10. The van der Waals surface area contributed by atoms with E-state index in [2.05, 4.69) is 21.4 Å². The number of β-lactam (4-membered cyclic amide) rings is 1. The van der Waals surface area contributed by atoms with Crippen LogP contribution in [0.2, 0.25) is 0 Å². The number of anilines is 1. The van der Waals surface area contributed by atoms with Gasteiger partial charge in [0, 0.05) is 11.1 Å². The lowest BCUT2D eigenvalue weighted by atomic mass is 9.87. The highest BCUT2D eigenvalue weighted by molar-refractivity contribution is 8.00. The third kappa shape index (κ3) is 5.13. The summed E-state index contributed by atoms with van der Waals surface area (Å²) in [5.41, 5.74) is 6.07. The Morgan fingerprint density at radius 3 is 2.40 bits per heavy atom. The molecular formula is C28H25N5O5S2. The van der Waals surface area contributed by atoms with Gasteiger partial charge in [-0.05, 0) is 11.1 Å². The van der Waals surface area contributed by atoms with Crippen molar-refractivity contribution in [2.45, 2.75) is 17.5 Å². The van der Waals surface area contributed by atoms with Gasteiger partial charge in [-0.15, -0.1) is 29.5 Å². The van der Waals surface area contributed by atoms with Gasteiger partial charge in [-0.3, -0.25) is 14.4 Å². The predicted octanol–water partition coefficient (Wildman–Crippen LogP) is 2.43. The molecule has 2 aliphatic heterocycles. The number of nitrogens with one attached hydrogen (secondary N) is 1. The van der Waals surface area contributed by atoms with Crippen molar-refractivity contribution in [3.63, 3.8) is 0 Å². The highest BCUT2D eigenvalue weighted by Gasteiger charge is 2.58. The second kappa shape index (κ2) is 11.4. The second-order valence-electron chi connectivity index (χ2n) is 9.15. The molecule has 12 heteroatoms. The number of rotatable bonds is 8. The quantitative estimate of drug-likeness (QED) is 0.137. The minimum Gasteiger partial charge on any atom is -0.451 e. The third-order valence-electron chi connectivity index (χ3n) is 6.63. The summed E-state index contributed by atoms with van der Waals surface area (Å²) in [6.07, 6.45) is 5.24. The summed E-state index contributed by atoms with van der Waals surface area (Å²) in [4.78, 5) is 50.1. The Balaban J connectivity index is 1.30. The molecular weight excluding hydrogens is 550 g/mol. The van der Waals surface area contributed by atoms with Crippen molar-refractivity contribution in [3.8, 4) is 12.3 Å². The van der Waals surface area contributed by atoms with Crippen LogP contribution in [-0.4, -0.2) is 64.2 Å². The summed E-state index contributed by atoms with van der Waals surface area (Å²) in [6, 6.07) is 18.0. The molecule has 0 saturated carbocycles. The molecule has 1 aromatic heterocycles. The lowest BCUT2D eigenvalue weighted by Crippen LogP contribution is -2.74. The molecule has 5 rings (SSSR count). The number of carbonyl (C=O) groups is 3. The lowest BCUT2D eigenvalue weighted by Gasteiger charge is -2.53. The molecule has 2 saturated heterocycles. The Kier molecular flexibility index (Phi) is 7.77. The molecule has 40 heavy (non-hydrogen) atoms. The topological polar surface area (TPSA) is 136 Å². The first-order valence-corrected chi connectivity index (χ1v) is 14.1. The summed E-state index contributed by atoms with van der Waals surface area (Å²) in [5.74, 6) is 1.24. The van der Waals surface area contributed by atoms with Crippen molar-refractivity contribution in [2.24, 2.45) is 10.6 Å². The molecule has 0 radical (unpaired) electrons. The molecule has 2 fully saturated rings. The molecule has 3 atom stereocenters. The molecule has 10 nitrogen and oxygen atoms in total. The summed E-state index contributed by atoms with van der Waals surface area (Å²) in [5, 5.41) is 7.89. The van der Waals surface area contributed by atoms with E-state index >= 15 is 0 Å². The molecule has 204 valence electrons. The van der Waals surface area contributed by atoms with E-state index in [4.69, 9.17) is 21.7 Å². The maximum atomic E-state index is 13.6. The van der Waals surface area contributed by atoms with Gasteiger partial charge >= 0.3 is 5.97 Å². The van der Waals surface area contributed by atoms with Crippen molar-refractivity contribution in [1.82, 2.24) is 15.2 Å². The average Bonchev–Trinajstić information content (AvgIpc) is 3.43. The minimum absolute atomic E-state index is 0.0247. The first-order chi connectivity index (χ1) is 19.4. The SMILES string of the molecule is C#CC1(C(=O)OC(c2ccccc2)c2ccccc2)CS[C@@H]2C(NC(=O)C(=NOC)c3csc(N)n3)C(=O)N2C1. The maximum Gasteiger partial charge on any atom is 0.327 e. The molecule has 2 aromatic carbocycles. The van der Waals surface area contributed by atoms with Crippen LogP contribution >= 0.6 is 23.1 Å². The predicted molar refractivity (Wildman–Crippen MR) is 152 cm³/mol. The van der Waals surface area contributed by atoms with Crippen LogP contribution in [0.25, 0.3) is 0 Å². The fourth-order valence-corrected chi connectivity index (χ4v) is 6.58. The molecule has 2 aliphatic rings. The first kappa shape index (κ1) is 27.2. The summed E-state index contributed by atoms with van der Waals surface area (Å²) in [6.45, 7) is -0.0247. The Hall–Kier alpha value is -4.34. The van der Waals surface area contributed by atoms with Gasteiger partial charge in [-0.1, -0.05) is 71.7 Å². The van der Waals surface area contributed by atoms with Gasteiger partial charge in [-0.25, -0.2) is 4.98 Å². The van der Waals surface area contributed by atoms with Crippen LogP contribution in [0.15, 0.2) is 71.2 Å². The van der Waals surface area contributed by atoms with Crippen molar-refractivity contribution in [1.29, 1.82) is 0 Å². The highest BCUT2D eigenvalue weighted by atomic mass is 32.2. The van der Waals surface area contributed by atoms with Gasteiger partial charge in [-0.2, -0.15) is 0 Å². The van der Waals surface area contributed by atoms with E-state index in [0.29, 0.717) is 0 Å². The van der Waals surface area contributed by atoms with Gasteiger partial charge in [0.25, 0.3) is 5.91 Å². The number of terminal acetylenes is 1. The highest BCUT2D eigenvalue weighted by Crippen LogP contribution is 2.43. The second-order valence-corrected chi connectivity index (χ2v) is 11.1. The molecule has 0 bridgehead atoms. The van der Waals surface area contributed by atoms with Gasteiger partial charge in [0.05, 0.1) is 6.54 Å². The Morgan fingerprint density at radius 2 is 1.85 bits per heavy atom. The summed E-state index contributed by atoms with van der Waals surface area (Å²) < 4.78 is 6.05. The van der Waals surface area contributed by atoms with Crippen LogP contribution in [0.3, 0.4) is 0 Å². The fraction of sp³-hybridized carbons (Fsp3) is 0.250. The van der Waals surface area contributed by atoms with Crippen molar-refractivity contribution < 1.29 is 24.0 Å². The zero-order valence-corrected chi connectivity index (χ0v) is 23.0. The van der Waals surface area contributed by atoms with Crippen LogP contribution in [0.1, 0.15) is 22.9 Å². The van der Waals surface area contributed by atoms with E-state index in [1.165, 1.54) is 23.8 Å². The minimum atomic E-state index is -1.35. The monoisotopic (exact) mass is 575 g/mol. The number of hydrogen-bond donors (Lipinski definition) is 2. The van der Waals surface area contributed by atoms with Crippen LogP contribution in [-0.2, 0) is 24.0 Å². The van der Waals surface area contributed by atoms with Crippen LogP contribution < -0.4 is 11.1 Å². The molecule has 3 N–H and O–H groups in total. The lowest BCUT2D eigenvalue weighted by molar-refractivity contribution is -0.161. The number of esters is 1. The number of carbonyl (C=O) groups excluding carboxylic acids is 3. The molecule has 3 heterocycles. The van der Waals surface area contributed by atoms with Gasteiger partial charge in [0.15, 0.2) is 22.4 Å². The van der Waals surface area contributed by atoms with E-state index in [-0.39, 0.29) is 34.7 Å². The van der Waals surface area contributed by atoms with Crippen molar-refractivity contribution in [2.75, 3.05) is 25.1 Å². The van der Waals surface area contributed by atoms with E-state index in [1.54, 1.807) is 5.38 Å². The number of amides is 2. The van der Waals surface area contributed by atoms with Crippen LogP contribution in [0.4, 0.5) is 5.13 Å². The Labute approximate surface area is 238 Å². The van der Waals surface area contributed by atoms with Gasteiger partial charge in [0.1, 0.15) is 24.2 Å². The molecule has 3 aromatic rings. The van der Waals surface area contributed by atoms with E-state index in [0.717, 1.165) is 22.5 Å². The summed E-state index contributed by atoms with van der Waals surface area (Å²) >= 11 is 2.46. The standard InChI is InChI=1S/C28H25N5O5S2/c1-3-28(26(36)38-22(17-10-6-4-7-11-17)18-12-8-5-9-13-18)15-33-24(35)21(25(33)40-16-28)31-23(34)20(32-37-2)19-14-39-27(29)30-19/h1,4-14,21-22,25H,15-16H2,2H3,(H2,29,30)(H,31,34)/t21?,25-,28?/m1/s1. The Morgan fingerprint density at radius 1 is 1.20 bits per heavy atom. The number of thioether (sulfide) groups is 1. The number of oxime groups is 1. The Bertz CT molecular complexity index is 1450. The number of nitrogens with two attached hydrogens (primary N) is 1. The molecule has 0 aliphatic carbocycles. The number of benzene rings is 2. The zero-order chi connectivity index (χ0) is 28.3. The van der Waals surface area contributed by atoms with Crippen molar-refractivity contribution in [3.05, 3.63) is 82.9 Å². The normalized spacial score (nSPS) is 22.1. The van der Waals surface area contributed by atoms with E-state index in [1.807, 2.05) is 60.7 Å². The molecule has 2 unspecified atom stereocenters. The van der Waals surface area contributed by atoms with Gasteiger partial charge in [0.2, 0.25) is 5.91 Å². The van der Waals surface area contributed by atoms with Crippen LogP contribution in [0, 0.1) is 17.8 Å². The molecule has 2 amide bonds. The number of nitrogen functional groups attached to an aromatic ring is 1.